The standard InChI is InChI=1S/C15H24N2O/c1-3-5-13-7-9-14(10-8-13)17-15(18)12(2)6-4-11-16/h7-10,12H,3-6,11,16H2,1-2H3,(H,17,18). The molecule has 0 saturated heterocycles. The number of rotatable bonds is 7. The van der Waals surface area contributed by atoms with E-state index in [2.05, 4.69) is 24.4 Å². The number of carbonyl (C=O) groups is 1. The summed E-state index contributed by atoms with van der Waals surface area (Å²) in [7, 11) is 0. The van der Waals surface area contributed by atoms with Crippen molar-refractivity contribution in [3.63, 3.8) is 0 Å². The highest BCUT2D eigenvalue weighted by Crippen LogP contribution is 2.13. The third kappa shape index (κ3) is 4.88. The van der Waals surface area contributed by atoms with Crippen LogP contribution in [-0.2, 0) is 11.2 Å². The molecule has 0 aromatic heterocycles. The summed E-state index contributed by atoms with van der Waals surface area (Å²) in [4.78, 5) is 11.9. The molecule has 0 saturated carbocycles. The van der Waals surface area contributed by atoms with E-state index in [0.717, 1.165) is 31.4 Å². The van der Waals surface area contributed by atoms with E-state index in [4.69, 9.17) is 5.73 Å². The zero-order valence-corrected chi connectivity index (χ0v) is 11.4. The molecule has 18 heavy (non-hydrogen) atoms. The highest BCUT2D eigenvalue weighted by Gasteiger charge is 2.12. The van der Waals surface area contributed by atoms with Crippen LogP contribution in [0.1, 0.15) is 38.7 Å². The quantitative estimate of drug-likeness (QED) is 0.779. The van der Waals surface area contributed by atoms with Crippen molar-refractivity contribution in [2.24, 2.45) is 11.7 Å². The maximum absolute atomic E-state index is 11.9. The molecule has 0 heterocycles. The van der Waals surface area contributed by atoms with Gasteiger partial charge in [-0.25, -0.2) is 0 Å². The Morgan fingerprint density at radius 3 is 2.56 bits per heavy atom. The molecule has 3 heteroatoms. The van der Waals surface area contributed by atoms with Gasteiger partial charge in [0.05, 0.1) is 0 Å². The first-order chi connectivity index (χ1) is 8.67. The largest absolute Gasteiger partial charge is 0.330 e. The van der Waals surface area contributed by atoms with Crippen LogP contribution in [0.3, 0.4) is 0 Å². The van der Waals surface area contributed by atoms with Gasteiger partial charge in [-0.15, -0.1) is 0 Å². The summed E-state index contributed by atoms with van der Waals surface area (Å²) in [5.41, 5.74) is 7.63. The van der Waals surface area contributed by atoms with Crippen LogP contribution in [0.2, 0.25) is 0 Å². The third-order valence-corrected chi connectivity index (χ3v) is 3.05. The summed E-state index contributed by atoms with van der Waals surface area (Å²) < 4.78 is 0. The molecule has 0 aliphatic carbocycles. The minimum atomic E-state index is 0.0175. The Labute approximate surface area is 110 Å². The number of hydrogen-bond acceptors (Lipinski definition) is 2. The van der Waals surface area contributed by atoms with Crippen molar-refractivity contribution in [3.05, 3.63) is 29.8 Å². The summed E-state index contributed by atoms with van der Waals surface area (Å²) in [5, 5.41) is 2.94. The highest BCUT2D eigenvalue weighted by atomic mass is 16.1. The average Bonchev–Trinajstić information content (AvgIpc) is 2.38. The number of aryl methyl sites for hydroxylation is 1. The molecule has 1 aromatic rings. The second-order valence-corrected chi connectivity index (χ2v) is 4.77. The number of nitrogens with two attached hydrogens (primary N) is 1. The Bertz CT molecular complexity index is 359. The van der Waals surface area contributed by atoms with Crippen molar-refractivity contribution in [2.45, 2.75) is 39.5 Å². The Hall–Kier alpha value is -1.35. The van der Waals surface area contributed by atoms with Crippen molar-refractivity contribution in [2.75, 3.05) is 11.9 Å². The molecule has 0 aliphatic rings. The maximum Gasteiger partial charge on any atom is 0.227 e. The fraction of sp³-hybridized carbons (Fsp3) is 0.533. The molecule has 100 valence electrons. The lowest BCUT2D eigenvalue weighted by Crippen LogP contribution is -2.21. The molecule has 3 nitrogen and oxygen atoms in total. The van der Waals surface area contributed by atoms with E-state index >= 15 is 0 Å². The van der Waals surface area contributed by atoms with E-state index in [-0.39, 0.29) is 11.8 Å². The normalized spacial score (nSPS) is 12.2. The first kappa shape index (κ1) is 14.7. The van der Waals surface area contributed by atoms with Crippen molar-refractivity contribution >= 4 is 11.6 Å². The van der Waals surface area contributed by atoms with Gasteiger partial charge in [-0.05, 0) is 43.5 Å². The number of benzene rings is 1. The number of carbonyl (C=O) groups excluding carboxylic acids is 1. The molecule has 0 fully saturated rings. The van der Waals surface area contributed by atoms with E-state index in [1.54, 1.807) is 0 Å². The number of nitrogens with one attached hydrogen (secondary N) is 1. The van der Waals surface area contributed by atoms with Crippen molar-refractivity contribution in [1.29, 1.82) is 0 Å². The average molecular weight is 248 g/mol. The van der Waals surface area contributed by atoms with Gasteiger partial charge in [-0.2, -0.15) is 0 Å². The SMILES string of the molecule is CCCc1ccc(NC(=O)C(C)CCCN)cc1. The highest BCUT2D eigenvalue weighted by molar-refractivity contribution is 5.92. The van der Waals surface area contributed by atoms with E-state index in [1.165, 1.54) is 5.56 Å². The predicted octanol–water partition coefficient (Wildman–Crippen LogP) is 2.95. The van der Waals surface area contributed by atoms with Gasteiger partial charge in [0, 0.05) is 11.6 Å². The van der Waals surface area contributed by atoms with Crippen LogP contribution in [-0.4, -0.2) is 12.5 Å². The topological polar surface area (TPSA) is 55.1 Å². The van der Waals surface area contributed by atoms with Gasteiger partial charge in [0.2, 0.25) is 5.91 Å². The second-order valence-electron chi connectivity index (χ2n) is 4.77. The molecule has 1 rings (SSSR count). The van der Waals surface area contributed by atoms with Crippen molar-refractivity contribution in [3.8, 4) is 0 Å². The number of anilines is 1. The van der Waals surface area contributed by atoms with Crippen molar-refractivity contribution < 1.29 is 4.79 Å². The molecule has 0 bridgehead atoms. The summed E-state index contributed by atoms with van der Waals surface area (Å²) in [6, 6.07) is 8.09. The maximum atomic E-state index is 11.9. The van der Waals surface area contributed by atoms with Gasteiger partial charge >= 0.3 is 0 Å². The van der Waals surface area contributed by atoms with Gasteiger partial charge in [0.15, 0.2) is 0 Å². The van der Waals surface area contributed by atoms with Crippen LogP contribution >= 0.6 is 0 Å². The Kier molecular flexibility index (Phi) is 6.44. The summed E-state index contributed by atoms with van der Waals surface area (Å²) in [6.07, 6.45) is 3.96. The molecule has 1 amide bonds. The van der Waals surface area contributed by atoms with Crippen LogP contribution in [0, 0.1) is 5.92 Å². The molecule has 1 unspecified atom stereocenters. The summed E-state index contributed by atoms with van der Waals surface area (Å²) >= 11 is 0. The van der Waals surface area contributed by atoms with Gasteiger partial charge in [0.1, 0.15) is 0 Å². The Balaban J connectivity index is 2.48. The molecule has 0 radical (unpaired) electrons. The van der Waals surface area contributed by atoms with Gasteiger partial charge in [0.25, 0.3) is 0 Å². The number of hydrogen-bond donors (Lipinski definition) is 2. The summed E-state index contributed by atoms with van der Waals surface area (Å²) in [6.45, 7) is 4.74. The van der Waals surface area contributed by atoms with Crippen molar-refractivity contribution in [1.82, 2.24) is 0 Å². The van der Waals surface area contributed by atoms with Crippen LogP contribution in [0.25, 0.3) is 0 Å². The van der Waals surface area contributed by atoms with Crippen LogP contribution in [0.15, 0.2) is 24.3 Å². The molecule has 1 atom stereocenters. The molecule has 0 aliphatic heterocycles. The van der Waals surface area contributed by atoms with Crippen LogP contribution in [0.5, 0.6) is 0 Å². The van der Waals surface area contributed by atoms with E-state index in [1.807, 2.05) is 19.1 Å². The lowest BCUT2D eigenvalue weighted by molar-refractivity contribution is -0.119. The first-order valence-corrected chi connectivity index (χ1v) is 6.77. The second kappa shape index (κ2) is 7.88. The molecular weight excluding hydrogens is 224 g/mol. The Morgan fingerprint density at radius 1 is 1.33 bits per heavy atom. The Morgan fingerprint density at radius 2 is 2.00 bits per heavy atom. The summed E-state index contributed by atoms with van der Waals surface area (Å²) in [5.74, 6) is 0.0931. The van der Waals surface area contributed by atoms with Crippen LogP contribution in [0.4, 0.5) is 5.69 Å². The predicted molar refractivity (Wildman–Crippen MR) is 76.5 cm³/mol. The minimum absolute atomic E-state index is 0.0175. The lowest BCUT2D eigenvalue weighted by atomic mass is 10.0. The van der Waals surface area contributed by atoms with Gasteiger partial charge in [-0.1, -0.05) is 32.4 Å². The van der Waals surface area contributed by atoms with E-state index in [0.29, 0.717) is 6.54 Å². The zero-order valence-electron chi connectivity index (χ0n) is 11.4. The van der Waals surface area contributed by atoms with Gasteiger partial charge in [-0.3, -0.25) is 4.79 Å². The lowest BCUT2D eigenvalue weighted by Gasteiger charge is -2.12. The monoisotopic (exact) mass is 248 g/mol. The van der Waals surface area contributed by atoms with Crippen LogP contribution < -0.4 is 11.1 Å². The zero-order chi connectivity index (χ0) is 13.4. The number of amides is 1. The fourth-order valence-electron chi connectivity index (χ4n) is 1.86. The minimum Gasteiger partial charge on any atom is -0.330 e. The molecule has 0 spiro atoms. The van der Waals surface area contributed by atoms with Gasteiger partial charge < -0.3 is 11.1 Å². The first-order valence-electron chi connectivity index (χ1n) is 6.77. The van der Waals surface area contributed by atoms with E-state index in [9.17, 15) is 4.79 Å². The fourth-order valence-corrected chi connectivity index (χ4v) is 1.86. The molecule has 3 N–H and O–H groups in total. The smallest absolute Gasteiger partial charge is 0.227 e. The third-order valence-electron chi connectivity index (χ3n) is 3.05. The molecule has 1 aromatic carbocycles. The molecular formula is C15H24N2O. The van der Waals surface area contributed by atoms with E-state index < -0.39 is 0 Å².